The molecule has 2 atom stereocenters. The zero-order chi connectivity index (χ0) is 13.5. The minimum absolute atomic E-state index is 0.0327. The number of carbonyl (C=O) groups excluding carboxylic acids is 1. The molecule has 18 heavy (non-hydrogen) atoms. The third-order valence-electron chi connectivity index (χ3n) is 3.38. The van der Waals surface area contributed by atoms with Crippen LogP contribution in [0.4, 0.5) is 0 Å². The SMILES string of the molecule is C#CCNC(=O)C(C)N1CCN(C(C)C#N)CC1. The van der Waals surface area contributed by atoms with Gasteiger partial charge in [-0.25, -0.2) is 0 Å². The molecule has 0 saturated carbocycles. The van der Waals surface area contributed by atoms with Crippen LogP contribution in [0.3, 0.4) is 0 Å². The molecule has 1 saturated heterocycles. The minimum Gasteiger partial charge on any atom is -0.344 e. The van der Waals surface area contributed by atoms with Gasteiger partial charge in [-0.05, 0) is 13.8 Å². The molecule has 1 amide bonds. The Kier molecular flexibility index (Phi) is 5.64. The van der Waals surface area contributed by atoms with E-state index in [2.05, 4.69) is 27.1 Å². The molecule has 0 radical (unpaired) electrons. The molecule has 1 rings (SSSR count). The highest BCUT2D eigenvalue weighted by Crippen LogP contribution is 2.09. The van der Waals surface area contributed by atoms with Crippen molar-refractivity contribution in [2.75, 3.05) is 32.7 Å². The summed E-state index contributed by atoms with van der Waals surface area (Å²) >= 11 is 0. The molecule has 1 aliphatic rings. The largest absolute Gasteiger partial charge is 0.344 e. The lowest BCUT2D eigenvalue weighted by atomic mass is 10.2. The van der Waals surface area contributed by atoms with Gasteiger partial charge in [0.2, 0.25) is 5.91 Å². The van der Waals surface area contributed by atoms with E-state index in [1.807, 2.05) is 13.8 Å². The number of amides is 1. The maximum Gasteiger partial charge on any atom is 0.237 e. The average Bonchev–Trinajstić information content (AvgIpc) is 2.43. The van der Waals surface area contributed by atoms with Crippen LogP contribution in [-0.2, 0) is 4.79 Å². The van der Waals surface area contributed by atoms with Crippen LogP contribution in [0.5, 0.6) is 0 Å². The van der Waals surface area contributed by atoms with E-state index in [1.165, 1.54) is 0 Å². The van der Waals surface area contributed by atoms with Gasteiger partial charge in [0.1, 0.15) is 0 Å². The van der Waals surface area contributed by atoms with Crippen molar-refractivity contribution in [1.29, 1.82) is 5.26 Å². The Morgan fingerprint density at radius 2 is 1.89 bits per heavy atom. The first-order valence-electron chi connectivity index (χ1n) is 6.19. The summed E-state index contributed by atoms with van der Waals surface area (Å²) in [5, 5.41) is 11.6. The summed E-state index contributed by atoms with van der Waals surface area (Å²) in [5.41, 5.74) is 0. The van der Waals surface area contributed by atoms with Gasteiger partial charge < -0.3 is 5.32 Å². The fraction of sp³-hybridized carbons (Fsp3) is 0.692. The molecule has 0 spiro atoms. The van der Waals surface area contributed by atoms with E-state index in [0.717, 1.165) is 26.2 Å². The van der Waals surface area contributed by atoms with E-state index in [0.29, 0.717) is 0 Å². The number of hydrogen-bond acceptors (Lipinski definition) is 4. The normalized spacial score (nSPS) is 20.4. The van der Waals surface area contributed by atoms with E-state index < -0.39 is 0 Å². The maximum atomic E-state index is 11.8. The maximum absolute atomic E-state index is 11.8. The van der Waals surface area contributed by atoms with Crippen LogP contribution in [0.1, 0.15) is 13.8 Å². The predicted molar refractivity (Wildman–Crippen MR) is 69.5 cm³/mol. The number of hydrogen-bond donors (Lipinski definition) is 1. The molecule has 1 N–H and O–H groups in total. The quantitative estimate of drug-likeness (QED) is 0.691. The van der Waals surface area contributed by atoms with Crippen molar-refractivity contribution >= 4 is 5.91 Å². The van der Waals surface area contributed by atoms with Crippen molar-refractivity contribution in [2.24, 2.45) is 0 Å². The second-order valence-corrected chi connectivity index (χ2v) is 4.47. The summed E-state index contributed by atoms with van der Waals surface area (Å²) in [7, 11) is 0. The molecule has 98 valence electrons. The van der Waals surface area contributed by atoms with Crippen LogP contribution in [0.2, 0.25) is 0 Å². The number of nitrogens with one attached hydrogen (secondary N) is 1. The molecule has 2 unspecified atom stereocenters. The number of terminal acetylenes is 1. The first-order chi connectivity index (χ1) is 8.60. The molecule has 0 aromatic heterocycles. The van der Waals surface area contributed by atoms with E-state index in [4.69, 9.17) is 11.7 Å². The van der Waals surface area contributed by atoms with Gasteiger partial charge in [0.05, 0.1) is 24.7 Å². The van der Waals surface area contributed by atoms with Crippen molar-refractivity contribution in [2.45, 2.75) is 25.9 Å². The van der Waals surface area contributed by atoms with Crippen molar-refractivity contribution in [1.82, 2.24) is 15.1 Å². The van der Waals surface area contributed by atoms with Crippen molar-refractivity contribution in [3.05, 3.63) is 0 Å². The summed E-state index contributed by atoms with van der Waals surface area (Å²) < 4.78 is 0. The molecule has 0 bridgehead atoms. The van der Waals surface area contributed by atoms with Crippen LogP contribution in [-0.4, -0.2) is 60.5 Å². The summed E-state index contributed by atoms with van der Waals surface area (Å²) in [4.78, 5) is 16.0. The predicted octanol–water partition coefficient (Wildman–Crippen LogP) is -0.346. The fourth-order valence-corrected chi connectivity index (χ4v) is 2.05. The van der Waals surface area contributed by atoms with Gasteiger partial charge in [-0.1, -0.05) is 5.92 Å². The highest BCUT2D eigenvalue weighted by molar-refractivity contribution is 5.81. The van der Waals surface area contributed by atoms with Crippen LogP contribution < -0.4 is 5.32 Å². The Balaban J connectivity index is 2.41. The standard InChI is InChI=1S/C13H20N4O/c1-4-5-15-13(18)12(3)17-8-6-16(7-9-17)11(2)10-14/h1,11-12H,5-9H2,2-3H3,(H,15,18). The Labute approximate surface area is 109 Å². The van der Waals surface area contributed by atoms with Gasteiger partial charge in [-0.15, -0.1) is 6.42 Å². The lowest BCUT2D eigenvalue weighted by Gasteiger charge is -2.38. The van der Waals surface area contributed by atoms with Crippen molar-refractivity contribution < 1.29 is 4.79 Å². The molecule has 1 aliphatic heterocycles. The van der Waals surface area contributed by atoms with Gasteiger partial charge in [-0.2, -0.15) is 5.26 Å². The van der Waals surface area contributed by atoms with Gasteiger partial charge in [0.25, 0.3) is 0 Å². The third kappa shape index (κ3) is 3.73. The van der Waals surface area contributed by atoms with Crippen LogP contribution in [0, 0.1) is 23.7 Å². The lowest BCUT2D eigenvalue weighted by Crippen LogP contribution is -2.55. The Morgan fingerprint density at radius 3 is 2.39 bits per heavy atom. The molecule has 1 fully saturated rings. The minimum atomic E-state index is -0.169. The van der Waals surface area contributed by atoms with Gasteiger partial charge >= 0.3 is 0 Å². The lowest BCUT2D eigenvalue weighted by molar-refractivity contribution is -0.126. The highest BCUT2D eigenvalue weighted by atomic mass is 16.2. The molecule has 5 nitrogen and oxygen atoms in total. The molecule has 0 aliphatic carbocycles. The zero-order valence-electron chi connectivity index (χ0n) is 11.0. The second kappa shape index (κ2) is 7.00. The topological polar surface area (TPSA) is 59.4 Å². The number of piperazine rings is 1. The van der Waals surface area contributed by atoms with Crippen molar-refractivity contribution in [3.8, 4) is 18.4 Å². The fourth-order valence-electron chi connectivity index (χ4n) is 2.05. The van der Waals surface area contributed by atoms with Crippen LogP contribution >= 0.6 is 0 Å². The first-order valence-corrected chi connectivity index (χ1v) is 6.19. The van der Waals surface area contributed by atoms with E-state index in [1.54, 1.807) is 0 Å². The summed E-state index contributed by atoms with van der Waals surface area (Å²) in [6.45, 7) is 7.30. The Morgan fingerprint density at radius 1 is 1.33 bits per heavy atom. The molecular formula is C13H20N4O. The van der Waals surface area contributed by atoms with E-state index >= 15 is 0 Å². The monoisotopic (exact) mass is 248 g/mol. The number of rotatable bonds is 4. The molecule has 0 aromatic carbocycles. The van der Waals surface area contributed by atoms with E-state index in [-0.39, 0.29) is 24.5 Å². The first kappa shape index (κ1) is 14.5. The smallest absolute Gasteiger partial charge is 0.237 e. The number of nitrogens with zero attached hydrogens (tertiary/aromatic N) is 3. The number of carbonyl (C=O) groups is 1. The van der Waals surface area contributed by atoms with Gasteiger partial charge in [0, 0.05) is 26.2 Å². The molecule has 5 heteroatoms. The highest BCUT2D eigenvalue weighted by Gasteiger charge is 2.26. The summed E-state index contributed by atoms with van der Waals surface area (Å²) in [6, 6.07) is 2.01. The zero-order valence-corrected chi connectivity index (χ0v) is 11.0. The Bertz CT molecular complexity index is 360. The third-order valence-corrected chi connectivity index (χ3v) is 3.38. The number of nitriles is 1. The summed E-state index contributed by atoms with van der Waals surface area (Å²) in [5.74, 6) is 2.36. The Hall–Kier alpha value is -1.56. The molecule has 0 aromatic rings. The van der Waals surface area contributed by atoms with Crippen molar-refractivity contribution in [3.63, 3.8) is 0 Å². The molecule has 1 heterocycles. The van der Waals surface area contributed by atoms with Crippen LogP contribution in [0.25, 0.3) is 0 Å². The molecular weight excluding hydrogens is 228 g/mol. The van der Waals surface area contributed by atoms with Crippen LogP contribution in [0.15, 0.2) is 0 Å². The average molecular weight is 248 g/mol. The van der Waals surface area contributed by atoms with Gasteiger partial charge in [0.15, 0.2) is 0 Å². The summed E-state index contributed by atoms with van der Waals surface area (Å²) in [6.07, 6.45) is 5.11. The second-order valence-electron chi connectivity index (χ2n) is 4.47. The van der Waals surface area contributed by atoms with Gasteiger partial charge in [-0.3, -0.25) is 14.6 Å². The van der Waals surface area contributed by atoms with E-state index in [9.17, 15) is 4.79 Å².